The Morgan fingerprint density at radius 1 is 1.16 bits per heavy atom. The predicted octanol–water partition coefficient (Wildman–Crippen LogP) is 2.57. The zero-order chi connectivity index (χ0) is 21.8. The van der Waals surface area contributed by atoms with Crippen molar-refractivity contribution in [3.05, 3.63) is 54.3 Å². The van der Waals surface area contributed by atoms with E-state index in [1.54, 1.807) is 6.20 Å². The molecule has 4 aromatic rings. The number of carbonyl (C=O) groups is 1. The van der Waals surface area contributed by atoms with E-state index in [0.717, 1.165) is 60.6 Å². The number of aryl methyl sites for hydroxylation is 1. The Morgan fingerprint density at radius 3 is 2.84 bits per heavy atom. The lowest BCUT2D eigenvalue weighted by Crippen LogP contribution is -2.65. The fourth-order valence-corrected chi connectivity index (χ4v) is 4.84. The van der Waals surface area contributed by atoms with Gasteiger partial charge in [0, 0.05) is 57.9 Å². The van der Waals surface area contributed by atoms with E-state index in [0.29, 0.717) is 23.7 Å². The minimum Gasteiger partial charge on any atom is -0.441 e. The summed E-state index contributed by atoms with van der Waals surface area (Å²) in [6.07, 6.45) is 3.67. The highest BCUT2D eigenvalue weighted by molar-refractivity contribution is 5.94. The molecule has 164 valence electrons. The molecule has 0 spiro atoms. The summed E-state index contributed by atoms with van der Waals surface area (Å²) in [6, 6.07) is 10.9. The SMILES string of the molecule is Cc1nc2cc(-c3ccc4ncc(C(=O)N5CC(N6CCN[C@H](C)C6)C5)n4c3)ccc2o1. The van der Waals surface area contributed by atoms with Crippen LogP contribution in [-0.2, 0) is 0 Å². The van der Waals surface area contributed by atoms with Crippen LogP contribution in [-0.4, -0.2) is 74.9 Å². The van der Waals surface area contributed by atoms with E-state index >= 15 is 0 Å². The first kappa shape index (κ1) is 19.5. The number of piperazine rings is 1. The van der Waals surface area contributed by atoms with Crippen molar-refractivity contribution in [1.82, 2.24) is 29.5 Å². The van der Waals surface area contributed by atoms with Crippen molar-refractivity contribution in [3.63, 3.8) is 0 Å². The molecule has 0 unspecified atom stereocenters. The summed E-state index contributed by atoms with van der Waals surface area (Å²) in [4.78, 5) is 26.6. The van der Waals surface area contributed by atoms with Gasteiger partial charge in [-0.05, 0) is 42.3 Å². The molecule has 2 aliphatic rings. The van der Waals surface area contributed by atoms with Gasteiger partial charge in [0.25, 0.3) is 5.91 Å². The van der Waals surface area contributed by atoms with Crippen LogP contribution in [0.25, 0.3) is 27.9 Å². The van der Waals surface area contributed by atoms with Crippen molar-refractivity contribution in [3.8, 4) is 11.1 Å². The summed E-state index contributed by atoms with van der Waals surface area (Å²) in [5, 5.41) is 3.48. The van der Waals surface area contributed by atoms with Gasteiger partial charge in [0.2, 0.25) is 0 Å². The smallest absolute Gasteiger partial charge is 0.272 e. The molecule has 0 radical (unpaired) electrons. The number of nitrogens with one attached hydrogen (secondary N) is 1. The number of nitrogens with zero attached hydrogens (tertiary/aromatic N) is 5. The molecule has 1 atom stereocenters. The molecule has 5 heterocycles. The maximum atomic E-state index is 13.2. The summed E-state index contributed by atoms with van der Waals surface area (Å²) in [5.74, 6) is 0.690. The number of rotatable bonds is 3. The molecular formula is C24H26N6O2. The molecule has 0 bridgehead atoms. The number of benzene rings is 1. The normalized spacial score (nSPS) is 20.2. The quantitative estimate of drug-likeness (QED) is 0.538. The molecule has 0 aliphatic carbocycles. The van der Waals surface area contributed by atoms with Crippen LogP contribution in [0.4, 0.5) is 0 Å². The van der Waals surface area contributed by atoms with Gasteiger partial charge in [0.15, 0.2) is 11.5 Å². The Balaban J connectivity index is 1.24. The molecule has 1 N–H and O–H groups in total. The number of fused-ring (bicyclic) bond motifs is 2. The van der Waals surface area contributed by atoms with Crippen molar-refractivity contribution >= 4 is 22.7 Å². The fraction of sp³-hybridized carbons (Fsp3) is 0.375. The molecule has 3 aromatic heterocycles. The third kappa shape index (κ3) is 3.27. The van der Waals surface area contributed by atoms with E-state index in [-0.39, 0.29) is 5.91 Å². The lowest BCUT2D eigenvalue weighted by Gasteiger charge is -2.47. The highest BCUT2D eigenvalue weighted by Crippen LogP contribution is 2.26. The first-order chi connectivity index (χ1) is 15.5. The first-order valence-electron chi connectivity index (χ1n) is 11.2. The van der Waals surface area contributed by atoms with Crippen LogP contribution in [0.1, 0.15) is 23.3 Å². The number of imidazole rings is 1. The molecule has 0 saturated carbocycles. The minimum atomic E-state index is 0.0386. The standard InChI is InChI=1S/C24H26N6O2/c1-15-11-28(8-7-25-15)19-13-29(14-19)24(31)21-10-26-23-6-4-18(12-30(21)23)17-3-5-22-20(9-17)27-16(2)32-22/h3-6,9-10,12,15,19,25H,7-8,11,13-14H2,1-2H3/t15-/m1/s1. The lowest BCUT2D eigenvalue weighted by molar-refractivity contribution is 0.0175. The van der Waals surface area contributed by atoms with Gasteiger partial charge >= 0.3 is 0 Å². The highest BCUT2D eigenvalue weighted by Gasteiger charge is 2.37. The molecule has 6 rings (SSSR count). The van der Waals surface area contributed by atoms with Crippen molar-refractivity contribution in [1.29, 1.82) is 0 Å². The number of carbonyl (C=O) groups excluding carboxylic acids is 1. The molecule has 1 amide bonds. The molecule has 32 heavy (non-hydrogen) atoms. The Morgan fingerprint density at radius 2 is 2.00 bits per heavy atom. The largest absolute Gasteiger partial charge is 0.441 e. The van der Waals surface area contributed by atoms with Crippen molar-refractivity contribution in [2.24, 2.45) is 0 Å². The van der Waals surface area contributed by atoms with E-state index in [4.69, 9.17) is 4.42 Å². The highest BCUT2D eigenvalue weighted by atomic mass is 16.3. The van der Waals surface area contributed by atoms with Gasteiger partial charge < -0.3 is 14.6 Å². The van der Waals surface area contributed by atoms with Crippen molar-refractivity contribution in [2.75, 3.05) is 32.7 Å². The second kappa shape index (κ2) is 7.43. The number of hydrogen-bond donors (Lipinski definition) is 1. The molecule has 1 aromatic carbocycles. The summed E-state index contributed by atoms with van der Waals surface area (Å²) in [5.41, 5.74) is 5.00. The maximum Gasteiger partial charge on any atom is 0.272 e. The zero-order valence-electron chi connectivity index (χ0n) is 18.3. The van der Waals surface area contributed by atoms with E-state index < -0.39 is 0 Å². The van der Waals surface area contributed by atoms with E-state index in [2.05, 4.69) is 27.1 Å². The van der Waals surface area contributed by atoms with Crippen LogP contribution >= 0.6 is 0 Å². The van der Waals surface area contributed by atoms with Gasteiger partial charge in [-0.1, -0.05) is 6.07 Å². The number of pyridine rings is 1. The Labute approximate surface area is 185 Å². The van der Waals surface area contributed by atoms with Gasteiger partial charge in [-0.15, -0.1) is 0 Å². The Bertz CT molecular complexity index is 1320. The van der Waals surface area contributed by atoms with Gasteiger partial charge in [0.05, 0.1) is 6.20 Å². The number of likely N-dealkylation sites (tertiary alicyclic amines) is 1. The van der Waals surface area contributed by atoms with Crippen LogP contribution in [0.3, 0.4) is 0 Å². The maximum absolute atomic E-state index is 13.2. The van der Waals surface area contributed by atoms with E-state index in [1.165, 1.54) is 0 Å². The molecule has 2 fully saturated rings. The first-order valence-corrected chi connectivity index (χ1v) is 11.2. The lowest BCUT2D eigenvalue weighted by atomic mass is 10.0. The Kier molecular flexibility index (Phi) is 4.51. The predicted molar refractivity (Wildman–Crippen MR) is 122 cm³/mol. The van der Waals surface area contributed by atoms with Gasteiger partial charge in [0.1, 0.15) is 16.9 Å². The fourth-order valence-electron chi connectivity index (χ4n) is 4.84. The van der Waals surface area contributed by atoms with Crippen LogP contribution in [0.15, 0.2) is 47.1 Å². The third-order valence-corrected chi connectivity index (χ3v) is 6.62. The molecule has 2 aliphatic heterocycles. The van der Waals surface area contributed by atoms with Crippen LogP contribution in [0.2, 0.25) is 0 Å². The molecule has 8 nitrogen and oxygen atoms in total. The number of amides is 1. The van der Waals surface area contributed by atoms with Gasteiger partial charge in [-0.2, -0.15) is 0 Å². The third-order valence-electron chi connectivity index (χ3n) is 6.62. The van der Waals surface area contributed by atoms with E-state index in [9.17, 15) is 4.79 Å². The summed E-state index contributed by atoms with van der Waals surface area (Å²) >= 11 is 0. The van der Waals surface area contributed by atoms with Crippen molar-refractivity contribution in [2.45, 2.75) is 25.9 Å². The van der Waals surface area contributed by atoms with Gasteiger partial charge in [-0.3, -0.25) is 14.1 Å². The monoisotopic (exact) mass is 430 g/mol. The van der Waals surface area contributed by atoms with Gasteiger partial charge in [-0.25, -0.2) is 9.97 Å². The zero-order valence-corrected chi connectivity index (χ0v) is 18.3. The Hall–Kier alpha value is -3.23. The van der Waals surface area contributed by atoms with Crippen LogP contribution in [0, 0.1) is 6.92 Å². The second-order valence-electron chi connectivity index (χ2n) is 8.92. The molecule has 8 heteroatoms. The topological polar surface area (TPSA) is 78.9 Å². The number of aromatic nitrogens is 3. The minimum absolute atomic E-state index is 0.0386. The average Bonchev–Trinajstić information content (AvgIpc) is 3.34. The molecular weight excluding hydrogens is 404 g/mol. The van der Waals surface area contributed by atoms with E-state index in [1.807, 2.05) is 52.8 Å². The average molecular weight is 431 g/mol. The summed E-state index contributed by atoms with van der Waals surface area (Å²) < 4.78 is 7.49. The summed E-state index contributed by atoms with van der Waals surface area (Å²) in [7, 11) is 0. The molecule has 2 saturated heterocycles. The number of oxazole rings is 1. The van der Waals surface area contributed by atoms with Crippen LogP contribution < -0.4 is 5.32 Å². The van der Waals surface area contributed by atoms with Crippen LogP contribution in [0.5, 0.6) is 0 Å². The summed E-state index contributed by atoms with van der Waals surface area (Å²) in [6.45, 7) is 8.72. The van der Waals surface area contributed by atoms with Crippen molar-refractivity contribution < 1.29 is 9.21 Å². The second-order valence-corrected chi connectivity index (χ2v) is 8.92. The number of hydrogen-bond acceptors (Lipinski definition) is 6.